The summed E-state index contributed by atoms with van der Waals surface area (Å²) >= 11 is 0. The molecule has 2 heterocycles. The molecular weight excluding hydrogens is 290 g/mol. The van der Waals surface area contributed by atoms with E-state index in [4.69, 9.17) is 5.26 Å². The van der Waals surface area contributed by atoms with Crippen LogP contribution >= 0.6 is 0 Å². The molecule has 1 saturated heterocycles. The van der Waals surface area contributed by atoms with E-state index in [1.165, 1.54) is 0 Å². The molecule has 2 aromatic rings. The van der Waals surface area contributed by atoms with Gasteiger partial charge in [-0.1, -0.05) is 30.3 Å². The average Bonchev–Trinajstić information content (AvgIpc) is 3.09. The van der Waals surface area contributed by atoms with Crippen molar-refractivity contribution in [3.05, 3.63) is 48.5 Å². The second-order valence-electron chi connectivity index (χ2n) is 5.57. The number of carbonyl (C=O) groups is 1. The minimum atomic E-state index is -0.278. The topological polar surface area (TPSA) is 81.9 Å². The van der Waals surface area contributed by atoms with Crippen molar-refractivity contribution in [2.75, 3.05) is 19.6 Å². The summed E-state index contributed by atoms with van der Waals surface area (Å²) in [6, 6.07) is 9.78. The highest BCUT2D eigenvalue weighted by Crippen LogP contribution is 2.16. The van der Waals surface area contributed by atoms with E-state index >= 15 is 0 Å². The molecule has 1 fully saturated rings. The van der Waals surface area contributed by atoms with Gasteiger partial charge in [0.1, 0.15) is 0 Å². The van der Waals surface area contributed by atoms with E-state index in [9.17, 15) is 4.79 Å². The second kappa shape index (κ2) is 6.88. The Kier molecular flexibility index (Phi) is 4.48. The lowest BCUT2D eigenvalue weighted by atomic mass is 10.1. The molecule has 0 saturated carbocycles. The van der Waals surface area contributed by atoms with Gasteiger partial charge in [0.25, 0.3) is 5.91 Å². The number of rotatable bonds is 4. The predicted octanol–water partition coefficient (Wildman–Crippen LogP) is 1.68. The smallest absolute Gasteiger partial charge is 0.289 e. The summed E-state index contributed by atoms with van der Waals surface area (Å²) in [6.07, 6.45) is 6.36. The molecule has 1 N–H and O–H groups in total. The Morgan fingerprint density at radius 2 is 2.00 bits per heavy atom. The maximum Gasteiger partial charge on any atom is 0.289 e. The highest BCUT2D eigenvalue weighted by atomic mass is 16.2. The first-order chi connectivity index (χ1) is 11.3. The van der Waals surface area contributed by atoms with Crippen LogP contribution in [0.15, 0.2) is 42.7 Å². The minimum absolute atomic E-state index is 0.166. The summed E-state index contributed by atoms with van der Waals surface area (Å²) in [5, 5.41) is 11.7. The number of nitrogens with one attached hydrogen (secondary N) is 1. The maximum atomic E-state index is 12.1. The quantitative estimate of drug-likeness (QED) is 0.869. The van der Waals surface area contributed by atoms with Gasteiger partial charge in [0.15, 0.2) is 6.19 Å². The fraction of sp³-hybridized carbons (Fsp3) is 0.294. The zero-order valence-corrected chi connectivity index (χ0v) is 12.6. The van der Waals surface area contributed by atoms with Crippen molar-refractivity contribution in [1.29, 1.82) is 5.26 Å². The number of aromatic nitrogens is 2. The SMILES string of the molecule is N#CN1CCC(CNC(=O)c2ncc(-c3ccccc3)cn2)C1. The van der Waals surface area contributed by atoms with E-state index in [1.54, 1.807) is 17.3 Å². The number of hydrogen-bond acceptors (Lipinski definition) is 5. The Bertz CT molecular complexity index is 708. The van der Waals surface area contributed by atoms with E-state index in [0.29, 0.717) is 19.0 Å². The second-order valence-corrected chi connectivity index (χ2v) is 5.57. The molecule has 0 bridgehead atoms. The molecule has 0 spiro atoms. The Morgan fingerprint density at radius 1 is 1.26 bits per heavy atom. The van der Waals surface area contributed by atoms with Gasteiger partial charge < -0.3 is 10.2 Å². The number of benzene rings is 1. The van der Waals surface area contributed by atoms with Gasteiger partial charge >= 0.3 is 0 Å². The number of hydrogen-bond donors (Lipinski definition) is 1. The molecule has 1 aliphatic heterocycles. The average molecular weight is 307 g/mol. The van der Waals surface area contributed by atoms with E-state index in [1.807, 2.05) is 30.3 Å². The van der Waals surface area contributed by atoms with Crippen LogP contribution in [0.4, 0.5) is 0 Å². The molecule has 1 aromatic heterocycles. The Balaban J connectivity index is 1.57. The molecule has 0 radical (unpaired) electrons. The first-order valence-electron chi connectivity index (χ1n) is 7.56. The molecule has 23 heavy (non-hydrogen) atoms. The number of amides is 1. The fourth-order valence-corrected chi connectivity index (χ4v) is 2.63. The van der Waals surface area contributed by atoms with Crippen molar-refractivity contribution in [2.24, 2.45) is 5.92 Å². The van der Waals surface area contributed by atoms with Crippen molar-refractivity contribution in [3.8, 4) is 17.3 Å². The van der Waals surface area contributed by atoms with Crippen LogP contribution in [0, 0.1) is 17.4 Å². The Morgan fingerprint density at radius 3 is 2.65 bits per heavy atom. The molecule has 1 aromatic carbocycles. The maximum absolute atomic E-state index is 12.1. The van der Waals surface area contributed by atoms with Crippen LogP contribution in [0.1, 0.15) is 17.0 Å². The monoisotopic (exact) mass is 307 g/mol. The van der Waals surface area contributed by atoms with Crippen molar-refractivity contribution in [2.45, 2.75) is 6.42 Å². The summed E-state index contributed by atoms with van der Waals surface area (Å²) < 4.78 is 0. The highest BCUT2D eigenvalue weighted by molar-refractivity contribution is 5.90. The predicted molar refractivity (Wildman–Crippen MR) is 85.1 cm³/mol. The number of nitriles is 1. The van der Waals surface area contributed by atoms with Crippen LogP contribution in [-0.4, -0.2) is 40.4 Å². The third-order valence-electron chi connectivity index (χ3n) is 3.94. The molecule has 0 aliphatic carbocycles. The molecule has 6 heteroatoms. The molecule has 6 nitrogen and oxygen atoms in total. The molecule has 1 aliphatic rings. The van der Waals surface area contributed by atoms with Gasteiger partial charge in [-0.2, -0.15) is 5.26 Å². The lowest BCUT2D eigenvalue weighted by Crippen LogP contribution is -2.31. The fourth-order valence-electron chi connectivity index (χ4n) is 2.63. The van der Waals surface area contributed by atoms with Gasteiger partial charge in [-0.25, -0.2) is 9.97 Å². The van der Waals surface area contributed by atoms with E-state index in [0.717, 1.165) is 24.1 Å². The molecular formula is C17H17N5O. The lowest BCUT2D eigenvalue weighted by Gasteiger charge is -2.10. The Labute approximate surface area is 134 Å². The molecule has 1 atom stereocenters. The van der Waals surface area contributed by atoms with E-state index in [2.05, 4.69) is 21.5 Å². The largest absolute Gasteiger partial charge is 0.349 e. The first-order valence-corrected chi connectivity index (χ1v) is 7.56. The first kappa shape index (κ1) is 15.0. The van der Waals surface area contributed by atoms with Gasteiger partial charge in [-0.05, 0) is 17.9 Å². The zero-order chi connectivity index (χ0) is 16.1. The Hall–Kier alpha value is -2.94. The molecule has 1 amide bonds. The van der Waals surface area contributed by atoms with Crippen LogP contribution in [0.3, 0.4) is 0 Å². The third-order valence-corrected chi connectivity index (χ3v) is 3.94. The standard InChI is InChI=1S/C17H17N5O/c18-12-22-7-6-13(11-22)8-21-17(23)16-19-9-15(10-20-16)14-4-2-1-3-5-14/h1-5,9-10,13H,6-8,11H2,(H,21,23). The minimum Gasteiger partial charge on any atom is -0.349 e. The van der Waals surface area contributed by atoms with Crippen molar-refractivity contribution >= 4 is 5.91 Å². The zero-order valence-electron chi connectivity index (χ0n) is 12.6. The van der Waals surface area contributed by atoms with Crippen LogP contribution in [-0.2, 0) is 0 Å². The lowest BCUT2D eigenvalue weighted by molar-refractivity contribution is 0.0937. The van der Waals surface area contributed by atoms with Gasteiger partial charge in [0, 0.05) is 37.6 Å². The number of carbonyl (C=O) groups excluding carboxylic acids is 1. The van der Waals surface area contributed by atoms with Gasteiger partial charge in [-0.15, -0.1) is 0 Å². The molecule has 1 unspecified atom stereocenters. The van der Waals surface area contributed by atoms with Crippen molar-refractivity contribution in [1.82, 2.24) is 20.2 Å². The summed E-state index contributed by atoms with van der Waals surface area (Å²) in [4.78, 5) is 22.1. The summed E-state index contributed by atoms with van der Waals surface area (Å²) in [7, 11) is 0. The van der Waals surface area contributed by atoms with Crippen LogP contribution in [0.2, 0.25) is 0 Å². The van der Waals surface area contributed by atoms with Crippen LogP contribution in [0.5, 0.6) is 0 Å². The van der Waals surface area contributed by atoms with Crippen molar-refractivity contribution in [3.63, 3.8) is 0 Å². The summed E-state index contributed by atoms with van der Waals surface area (Å²) in [5.41, 5.74) is 1.89. The summed E-state index contributed by atoms with van der Waals surface area (Å²) in [5.74, 6) is 0.196. The molecule has 3 rings (SSSR count). The van der Waals surface area contributed by atoms with E-state index < -0.39 is 0 Å². The number of likely N-dealkylation sites (tertiary alicyclic amines) is 1. The number of nitrogens with zero attached hydrogens (tertiary/aromatic N) is 4. The molecule has 116 valence electrons. The van der Waals surface area contributed by atoms with E-state index in [-0.39, 0.29) is 11.7 Å². The van der Waals surface area contributed by atoms with Gasteiger partial charge in [0.2, 0.25) is 5.82 Å². The van der Waals surface area contributed by atoms with Crippen molar-refractivity contribution < 1.29 is 4.79 Å². The normalized spacial score (nSPS) is 16.8. The summed E-state index contributed by atoms with van der Waals surface area (Å²) in [6.45, 7) is 2.00. The van der Waals surface area contributed by atoms with Gasteiger partial charge in [-0.3, -0.25) is 4.79 Å². The third kappa shape index (κ3) is 3.64. The van der Waals surface area contributed by atoms with Gasteiger partial charge in [0.05, 0.1) is 0 Å². The highest BCUT2D eigenvalue weighted by Gasteiger charge is 2.22. The van der Waals surface area contributed by atoms with Crippen LogP contribution < -0.4 is 5.32 Å². The van der Waals surface area contributed by atoms with Crippen LogP contribution in [0.25, 0.3) is 11.1 Å².